The van der Waals surface area contributed by atoms with Gasteiger partial charge < -0.3 is 23.7 Å². The summed E-state index contributed by atoms with van der Waals surface area (Å²) in [6.45, 7) is 9.11. The van der Waals surface area contributed by atoms with Crippen molar-refractivity contribution in [1.82, 2.24) is 0 Å². The maximum Gasteiger partial charge on any atom is 0.195 e. The fourth-order valence-corrected chi connectivity index (χ4v) is 8.59. The number of hydrogen-bond donors (Lipinski definition) is 1. The first kappa shape index (κ1) is 18.5. The molecule has 0 aromatic carbocycles. The third-order valence-corrected chi connectivity index (χ3v) is 11.7. The molecule has 0 aromatic heterocycles. The van der Waals surface area contributed by atoms with Crippen LogP contribution >= 0.6 is 0 Å². The Morgan fingerprint density at radius 2 is 2.04 bits per heavy atom. The predicted octanol–water partition coefficient (Wildman–Crippen LogP) is 3.19. The number of fused-ring (bicyclic) bond motifs is 4. The number of ether oxygens (including phenoxy) is 3. The molecule has 3 rings (SSSR count). The number of methoxy groups -OCH3 is 1. The van der Waals surface area contributed by atoms with Gasteiger partial charge in [0.2, 0.25) is 0 Å². The minimum atomic E-state index is -1.95. The van der Waals surface area contributed by atoms with Crippen LogP contribution in [-0.4, -0.2) is 51.4 Å². The van der Waals surface area contributed by atoms with E-state index in [2.05, 4.69) is 33.8 Å². The summed E-state index contributed by atoms with van der Waals surface area (Å²) < 4.78 is 24.8. The molecule has 2 bridgehead atoms. The van der Waals surface area contributed by atoms with Crippen LogP contribution in [0.1, 0.15) is 40.5 Å². The Labute approximate surface area is 146 Å². The molecular weight excluding hydrogens is 324 g/mol. The number of rotatable bonds is 7. The quantitative estimate of drug-likeness (QED) is 0.561. The second-order valence-corrected chi connectivity index (χ2v) is 12.6. The minimum Gasteiger partial charge on any atom is -0.405 e. The highest BCUT2D eigenvalue weighted by Crippen LogP contribution is 2.55. The number of hydrogen-bond acceptors (Lipinski definition) is 5. The standard InChI is InChI=1S/C18H32O5Si/c1-6-24(7-2,12(3)4)23-18-10-16(20-5)22-17(18)21-14-8-13(11-19)15(18)9-14/h8,12,14-17,19H,6-7,9-11H2,1-5H3/t14-,15-,16?,17-,18+/m1/s1. The highest BCUT2D eigenvalue weighted by Gasteiger charge is 2.64. The lowest BCUT2D eigenvalue weighted by Gasteiger charge is -2.50. The smallest absolute Gasteiger partial charge is 0.195 e. The topological polar surface area (TPSA) is 57.2 Å². The fraction of sp³-hybridized carbons (Fsp3) is 0.889. The van der Waals surface area contributed by atoms with Gasteiger partial charge in [0.05, 0.1) is 12.7 Å². The molecule has 0 amide bonds. The zero-order valence-corrected chi connectivity index (χ0v) is 16.6. The van der Waals surface area contributed by atoms with E-state index in [0.717, 1.165) is 24.1 Å². The first-order valence-corrected chi connectivity index (χ1v) is 11.7. The van der Waals surface area contributed by atoms with Gasteiger partial charge in [0.1, 0.15) is 5.60 Å². The Balaban J connectivity index is 1.99. The average Bonchev–Trinajstić information content (AvgIpc) is 3.13. The molecule has 2 fully saturated rings. The first-order chi connectivity index (χ1) is 11.4. The van der Waals surface area contributed by atoms with Crippen molar-refractivity contribution in [2.24, 2.45) is 5.92 Å². The largest absolute Gasteiger partial charge is 0.405 e. The van der Waals surface area contributed by atoms with Crippen LogP contribution in [0, 0.1) is 5.92 Å². The van der Waals surface area contributed by atoms with Gasteiger partial charge in [0.25, 0.3) is 0 Å². The summed E-state index contributed by atoms with van der Waals surface area (Å²) in [5.41, 5.74) is 1.04. The molecule has 5 atom stereocenters. The Hall–Kier alpha value is -0.243. The van der Waals surface area contributed by atoms with E-state index in [0.29, 0.717) is 12.0 Å². The Kier molecular flexibility index (Phi) is 5.27. The molecule has 1 aliphatic carbocycles. The molecule has 1 N–H and O–H groups in total. The molecule has 6 heteroatoms. The Bertz CT molecular complexity index is 490. The van der Waals surface area contributed by atoms with Crippen molar-refractivity contribution in [2.75, 3.05) is 13.7 Å². The molecule has 2 heterocycles. The van der Waals surface area contributed by atoms with E-state index >= 15 is 0 Å². The van der Waals surface area contributed by atoms with Crippen LogP contribution in [0.5, 0.6) is 0 Å². The summed E-state index contributed by atoms with van der Waals surface area (Å²) in [6.07, 6.45) is 2.92. The predicted molar refractivity (Wildman–Crippen MR) is 94.1 cm³/mol. The first-order valence-electron chi connectivity index (χ1n) is 9.30. The summed E-state index contributed by atoms with van der Waals surface area (Å²) in [6, 6.07) is 2.14. The van der Waals surface area contributed by atoms with Gasteiger partial charge in [0.15, 0.2) is 20.9 Å². The molecule has 0 saturated carbocycles. The van der Waals surface area contributed by atoms with E-state index < -0.39 is 20.2 Å². The molecule has 2 aliphatic heterocycles. The van der Waals surface area contributed by atoms with Crippen LogP contribution in [0.3, 0.4) is 0 Å². The SMILES string of the molecule is CC[Si](CC)(O[C@]12CC(OC)O[C@H]1O[C@@H]1C=C(CO)[C@H]2C1)C(C)C. The van der Waals surface area contributed by atoms with Crippen LogP contribution in [0.25, 0.3) is 0 Å². The van der Waals surface area contributed by atoms with Gasteiger partial charge in [-0.3, -0.25) is 0 Å². The van der Waals surface area contributed by atoms with Crippen LogP contribution in [0.15, 0.2) is 11.6 Å². The van der Waals surface area contributed by atoms with Gasteiger partial charge in [-0.05, 0) is 29.6 Å². The van der Waals surface area contributed by atoms with Crippen LogP contribution < -0.4 is 0 Å². The monoisotopic (exact) mass is 356 g/mol. The summed E-state index contributed by atoms with van der Waals surface area (Å²) >= 11 is 0. The van der Waals surface area contributed by atoms with E-state index in [1.165, 1.54) is 0 Å². The molecule has 3 aliphatic rings. The number of aliphatic hydroxyl groups is 1. The molecule has 5 nitrogen and oxygen atoms in total. The molecule has 2 saturated heterocycles. The lowest BCUT2D eigenvalue weighted by atomic mass is 9.79. The fourth-order valence-electron chi connectivity index (χ4n) is 4.85. The molecule has 1 unspecified atom stereocenters. The zero-order valence-electron chi connectivity index (χ0n) is 15.6. The average molecular weight is 357 g/mol. The minimum absolute atomic E-state index is 0.0212. The molecule has 138 valence electrons. The van der Waals surface area contributed by atoms with E-state index in [1.54, 1.807) is 7.11 Å². The van der Waals surface area contributed by atoms with Crippen molar-refractivity contribution in [2.45, 2.75) is 82.5 Å². The molecule has 0 aromatic rings. The third-order valence-electron chi connectivity index (χ3n) is 6.45. The van der Waals surface area contributed by atoms with Gasteiger partial charge in [-0.15, -0.1) is 0 Å². The normalized spacial score (nSPS) is 38.5. The second-order valence-electron chi connectivity index (χ2n) is 7.68. The van der Waals surface area contributed by atoms with Crippen molar-refractivity contribution in [3.63, 3.8) is 0 Å². The van der Waals surface area contributed by atoms with Crippen LogP contribution in [0.4, 0.5) is 0 Å². The van der Waals surface area contributed by atoms with Gasteiger partial charge in [-0.25, -0.2) is 0 Å². The lowest BCUT2D eigenvalue weighted by molar-refractivity contribution is -0.261. The summed E-state index contributed by atoms with van der Waals surface area (Å²) in [4.78, 5) is 0. The van der Waals surface area contributed by atoms with Crippen molar-refractivity contribution < 1.29 is 23.7 Å². The maximum atomic E-state index is 9.85. The van der Waals surface area contributed by atoms with Gasteiger partial charge in [0, 0.05) is 19.4 Å². The van der Waals surface area contributed by atoms with Crippen molar-refractivity contribution in [1.29, 1.82) is 0 Å². The van der Waals surface area contributed by atoms with Crippen LogP contribution in [-0.2, 0) is 18.6 Å². The molecule has 0 radical (unpaired) electrons. The number of aliphatic hydroxyl groups excluding tert-OH is 1. The Morgan fingerprint density at radius 3 is 2.58 bits per heavy atom. The van der Waals surface area contributed by atoms with Gasteiger partial charge in [-0.1, -0.05) is 33.8 Å². The second kappa shape index (κ2) is 6.82. The highest BCUT2D eigenvalue weighted by atomic mass is 28.4. The van der Waals surface area contributed by atoms with E-state index in [4.69, 9.17) is 18.6 Å². The van der Waals surface area contributed by atoms with E-state index in [9.17, 15) is 5.11 Å². The summed E-state index contributed by atoms with van der Waals surface area (Å²) in [5, 5.41) is 9.85. The maximum absolute atomic E-state index is 9.85. The summed E-state index contributed by atoms with van der Waals surface area (Å²) in [5.74, 6) is 0.162. The zero-order chi connectivity index (χ0) is 17.5. The van der Waals surface area contributed by atoms with E-state index in [1.807, 2.05) is 0 Å². The molecular formula is C18H32O5Si. The third kappa shape index (κ3) is 2.72. The van der Waals surface area contributed by atoms with Crippen molar-refractivity contribution >= 4 is 8.32 Å². The van der Waals surface area contributed by atoms with Crippen molar-refractivity contribution in [3.8, 4) is 0 Å². The summed E-state index contributed by atoms with van der Waals surface area (Å²) in [7, 11) is -0.282. The highest BCUT2D eigenvalue weighted by molar-refractivity contribution is 6.75. The molecule has 0 spiro atoms. The van der Waals surface area contributed by atoms with Crippen LogP contribution in [0.2, 0.25) is 17.6 Å². The van der Waals surface area contributed by atoms with Crippen molar-refractivity contribution in [3.05, 3.63) is 11.6 Å². The van der Waals surface area contributed by atoms with Gasteiger partial charge in [-0.2, -0.15) is 0 Å². The molecule has 24 heavy (non-hydrogen) atoms. The van der Waals surface area contributed by atoms with Gasteiger partial charge >= 0.3 is 0 Å². The van der Waals surface area contributed by atoms with E-state index in [-0.39, 0.29) is 24.9 Å². The Morgan fingerprint density at radius 1 is 1.33 bits per heavy atom. The lowest BCUT2D eigenvalue weighted by Crippen LogP contribution is -2.60.